The quantitative estimate of drug-likeness (QED) is 0.667. The van der Waals surface area contributed by atoms with Crippen LogP contribution < -0.4 is 5.73 Å². The average Bonchev–Trinajstić information content (AvgIpc) is 2.47. The van der Waals surface area contributed by atoms with Crippen LogP contribution in [0.5, 0.6) is 0 Å². The Morgan fingerprint density at radius 3 is 2.75 bits per heavy atom. The minimum absolute atomic E-state index is 0.109. The summed E-state index contributed by atoms with van der Waals surface area (Å²) in [6.07, 6.45) is 7.62. The highest BCUT2D eigenvalue weighted by Crippen LogP contribution is 2.24. The zero-order chi connectivity index (χ0) is 14.4. The van der Waals surface area contributed by atoms with E-state index in [0.29, 0.717) is 18.2 Å². The Kier molecular flexibility index (Phi) is 5.47. The first-order valence-electron chi connectivity index (χ1n) is 7.05. The number of nitrogens with zero attached hydrogens (tertiary/aromatic N) is 1. The van der Waals surface area contributed by atoms with E-state index in [9.17, 15) is 4.79 Å². The molecule has 0 radical (unpaired) electrons. The summed E-state index contributed by atoms with van der Waals surface area (Å²) in [4.78, 5) is 16.5. The molecular weight excluding hydrogens is 272 g/mol. The van der Waals surface area contributed by atoms with Gasteiger partial charge in [0.25, 0.3) is 0 Å². The van der Waals surface area contributed by atoms with Crippen molar-refractivity contribution in [3.05, 3.63) is 30.1 Å². The van der Waals surface area contributed by atoms with Crippen LogP contribution in [0.3, 0.4) is 0 Å². The van der Waals surface area contributed by atoms with Gasteiger partial charge in [0.1, 0.15) is 5.92 Å². The van der Waals surface area contributed by atoms with Gasteiger partial charge in [-0.1, -0.05) is 37.5 Å². The molecule has 20 heavy (non-hydrogen) atoms. The Bertz CT molecular complexity index is 458. The number of rotatable bonds is 5. The van der Waals surface area contributed by atoms with Gasteiger partial charge in [-0.3, -0.25) is 9.78 Å². The summed E-state index contributed by atoms with van der Waals surface area (Å²) in [5.41, 5.74) is 6.22. The number of nitrogens with two attached hydrogens (primary N) is 1. The zero-order valence-electron chi connectivity index (χ0n) is 11.5. The Morgan fingerprint density at radius 2 is 2.15 bits per heavy atom. The molecular formula is C15H20N2O2S. The van der Waals surface area contributed by atoms with Gasteiger partial charge >= 0.3 is 5.97 Å². The van der Waals surface area contributed by atoms with Gasteiger partial charge in [-0.15, -0.1) is 0 Å². The molecule has 108 valence electrons. The molecule has 0 aliphatic heterocycles. The number of hydrogen-bond acceptors (Lipinski definition) is 4. The predicted molar refractivity (Wildman–Crippen MR) is 81.3 cm³/mol. The molecule has 1 aromatic heterocycles. The van der Waals surface area contributed by atoms with Crippen LogP contribution in [-0.4, -0.2) is 22.5 Å². The average molecular weight is 292 g/mol. The lowest BCUT2D eigenvalue weighted by molar-refractivity contribution is -0.145. The first kappa shape index (κ1) is 14.9. The number of pyridine rings is 1. The highest BCUT2D eigenvalue weighted by molar-refractivity contribution is 7.80. The molecule has 0 bridgehead atoms. The molecule has 1 saturated carbocycles. The second kappa shape index (κ2) is 7.33. The van der Waals surface area contributed by atoms with Gasteiger partial charge in [-0.25, -0.2) is 0 Å². The fourth-order valence-electron chi connectivity index (χ4n) is 2.57. The molecule has 1 fully saturated rings. The number of carbonyl (C=O) groups is 1. The highest BCUT2D eigenvalue weighted by Gasteiger charge is 2.27. The molecule has 0 spiro atoms. The third-order valence-electron chi connectivity index (χ3n) is 3.69. The molecule has 2 rings (SSSR count). The molecule has 2 N–H and O–H groups in total. The Labute approximate surface area is 124 Å². The zero-order valence-corrected chi connectivity index (χ0v) is 12.3. The van der Waals surface area contributed by atoms with Crippen molar-refractivity contribution in [1.29, 1.82) is 0 Å². The summed E-state index contributed by atoms with van der Waals surface area (Å²) < 4.78 is 5.41. The van der Waals surface area contributed by atoms with Crippen LogP contribution in [0.4, 0.5) is 0 Å². The predicted octanol–water partition coefficient (Wildman–Crippen LogP) is 2.57. The SMILES string of the molecule is NC(=S)C(C(=O)OCC1CCCCC1)c1ccccn1. The first-order chi connectivity index (χ1) is 9.68. The number of ether oxygens (including phenoxy) is 1. The topological polar surface area (TPSA) is 65.2 Å². The van der Waals surface area contributed by atoms with Gasteiger partial charge in [0, 0.05) is 6.20 Å². The van der Waals surface area contributed by atoms with Crippen LogP contribution in [0.25, 0.3) is 0 Å². The molecule has 0 saturated heterocycles. The van der Waals surface area contributed by atoms with E-state index in [1.54, 1.807) is 18.3 Å². The molecule has 1 aliphatic rings. The van der Waals surface area contributed by atoms with Crippen molar-refractivity contribution >= 4 is 23.2 Å². The van der Waals surface area contributed by atoms with Crippen molar-refractivity contribution in [2.45, 2.75) is 38.0 Å². The molecule has 1 heterocycles. The van der Waals surface area contributed by atoms with E-state index >= 15 is 0 Å². The molecule has 1 aromatic rings. The van der Waals surface area contributed by atoms with Crippen molar-refractivity contribution in [3.63, 3.8) is 0 Å². The molecule has 4 nitrogen and oxygen atoms in total. The summed E-state index contributed by atoms with van der Waals surface area (Å²) in [7, 11) is 0. The Hall–Kier alpha value is -1.49. The van der Waals surface area contributed by atoms with E-state index in [1.807, 2.05) is 6.07 Å². The van der Waals surface area contributed by atoms with Crippen LogP contribution in [0, 0.1) is 5.92 Å². The van der Waals surface area contributed by atoms with Crippen LogP contribution in [0.15, 0.2) is 24.4 Å². The first-order valence-corrected chi connectivity index (χ1v) is 7.46. The lowest BCUT2D eigenvalue weighted by atomic mass is 9.90. The second-order valence-corrected chi connectivity index (χ2v) is 5.70. The highest BCUT2D eigenvalue weighted by atomic mass is 32.1. The maximum Gasteiger partial charge on any atom is 0.322 e. The third-order valence-corrected chi connectivity index (χ3v) is 3.93. The maximum atomic E-state index is 12.2. The van der Waals surface area contributed by atoms with E-state index in [-0.39, 0.29) is 11.0 Å². The Balaban J connectivity index is 1.95. The molecule has 0 amide bonds. The van der Waals surface area contributed by atoms with Gasteiger partial charge in [0.2, 0.25) is 0 Å². The maximum absolute atomic E-state index is 12.2. The van der Waals surface area contributed by atoms with E-state index in [4.69, 9.17) is 22.7 Å². The number of hydrogen-bond donors (Lipinski definition) is 1. The molecule has 1 unspecified atom stereocenters. The monoisotopic (exact) mass is 292 g/mol. The molecule has 5 heteroatoms. The fraction of sp³-hybridized carbons (Fsp3) is 0.533. The smallest absolute Gasteiger partial charge is 0.322 e. The summed E-state index contributed by atoms with van der Waals surface area (Å²) >= 11 is 4.98. The summed E-state index contributed by atoms with van der Waals surface area (Å²) in [6.45, 7) is 0.463. The van der Waals surface area contributed by atoms with E-state index < -0.39 is 5.92 Å². The normalized spacial score (nSPS) is 17.4. The van der Waals surface area contributed by atoms with E-state index in [0.717, 1.165) is 12.8 Å². The summed E-state index contributed by atoms with van der Waals surface area (Å²) in [5, 5.41) is 0. The molecule has 1 atom stereocenters. The number of thiocarbonyl (C=S) groups is 1. The third kappa shape index (κ3) is 4.00. The lowest BCUT2D eigenvalue weighted by Crippen LogP contribution is -2.30. The number of aromatic nitrogens is 1. The van der Waals surface area contributed by atoms with Gasteiger partial charge in [-0.2, -0.15) is 0 Å². The van der Waals surface area contributed by atoms with E-state index in [1.165, 1.54) is 19.3 Å². The summed E-state index contributed by atoms with van der Waals surface area (Å²) in [6, 6.07) is 5.33. The van der Waals surface area contributed by atoms with Crippen LogP contribution in [0.1, 0.15) is 43.7 Å². The van der Waals surface area contributed by atoms with Crippen molar-refractivity contribution in [1.82, 2.24) is 4.98 Å². The van der Waals surface area contributed by atoms with Crippen LogP contribution in [0.2, 0.25) is 0 Å². The fourth-order valence-corrected chi connectivity index (χ4v) is 2.78. The number of esters is 1. The Morgan fingerprint density at radius 1 is 1.40 bits per heavy atom. The van der Waals surface area contributed by atoms with Gasteiger partial charge in [0.15, 0.2) is 0 Å². The van der Waals surface area contributed by atoms with Crippen molar-refractivity contribution in [3.8, 4) is 0 Å². The van der Waals surface area contributed by atoms with Crippen LogP contribution in [-0.2, 0) is 9.53 Å². The van der Waals surface area contributed by atoms with Gasteiger partial charge < -0.3 is 10.5 Å². The molecule has 1 aliphatic carbocycles. The van der Waals surface area contributed by atoms with Crippen LogP contribution >= 0.6 is 12.2 Å². The van der Waals surface area contributed by atoms with Gasteiger partial charge in [-0.05, 0) is 30.9 Å². The number of carbonyl (C=O) groups excluding carboxylic acids is 1. The minimum Gasteiger partial charge on any atom is -0.465 e. The lowest BCUT2D eigenvalue weighted by Gasteiger charge is -2.22. The standard InChI is InChI=1S/C15H20N2O2S/c16-14(20)13(12-8-4-5-9-17-12)15(18)19-10-11-6-2-1-3-7-11/h4-5,8-9,11,13H,1-3,6-7,10H2,(H2,16,20). The summed E-state index contributed by atoms with van der Waals surface area (Å²) in [5.74, 6) is -0.653. The second-order valence-electron chi connectivity index (χ2n) is 5.22. The largest absolute Gasteiger partial charge is 0.465 e. The van der Waals surface area contributed by atoms with Crippen molar-refractivity contribution < 1.29 is 9.53 Å². The van der Waals surface area contributed by atoms with Crippen molar-refractivity contribution in [2.75, 3.05) is 6.61 Å². The van der Waals surface area contributed by atoms with Gasteiger partial charge in [0.05, 0.1) is 17.3 Å². The van der Waals surface area contributed by atoms with Crippen molar-refractivity contribution in [2.24, 2.45) is 11.7 Å². The minimum atomic E-state index is -0.741. The molecule has 0 aromatic carbocycles. The van der Waals surface area contributed by atoms with E-state index in [2.05, 4.69) is 4.98 Å².